The van der Waals surface area contributed by atoms with Gasteiger partial charge >= 0.3 is 0 Å². The zero-order valence-corrected chi connectivity index (χ0v) is 17.3. The SMILES string of the molecule is CC(Oc1ccccc1C(C)C)C(=O)NCCCN1CCCc2ccccc21. The zero-order chi connectivity index (χ0) is 19.9. The maximum Gasteiger partial charge on any atom is 0.260 e. The van der Waals surface area contributed by atoms with E-state index >= 15 is 0 Å². The van der Waals surface area contributed by atoms with Crippen molar-refractivity contribution >= 4 is 11.6 Å². The van der Waals surface area contributed by atoms with Crippen LogP contribution in [0, 0.1) is 0 Å². The summed E-state index contributed by atoms with van der Waals surface area (Å²) in [5.74, 6) is 1.10. The number of nitrogens with one attached hydrogen (secondary N) is 1. The summed E-state index contributed by atoms with van der Waals surface area (Å²) >= 11 is 0. The van der Waals surface area contributed by atoms with Crippen LogP contribution >= 0.6 is 0 Å². The number of carbonyl (C=O) groups is 1. The van der Waals surface area contributed by atoms with Crippen LogP contribution in [0.3, 0.4) is 0 Å². The molecule has 0 bridgehead atoms. The van der Waals surface area contributed by atoms with Crippen molar-refractivity contribution in [2.75, 3.05) is 24.5 Å². The quantitative estimate of drug-likeness (QED) is 0.684. The Labute approximate surface area is 168 Å². The third-order valence-corrected chi connectivity index (χ3v) is 5.32. The van der Waals surface area contributed by atoms with E-state index in [1.165, 1.54) is 17.7 Å². The molecule has 0 aliphatic carbocycles. The van der Waals surface area contributed by atoms with Crippen molar-refractivity contribution in [2.45, 2.75) is 52.1 Å². The van der Waals surface area contributed by atoms with Crippen LogP contribution in [-0.2, 0) is 11.2 Å². The van der Waals surface area contributed by atoms with Crippen LogP contribution in [0.25, 0.3) is 0 Å². The molecular formula is C24H32N2O2. The number of hydrogen-bond acceptors (Lipinski definition) is 3. The summed E-state index contributed by atoms with van der Waals surface area (Å²) in [4.78, 5) is 14.9. The van der Waals surface area contributed by atoms with Crippen LogP contribution in [0.15, 0.2) is 48.5 Å². The number of nitrogens with zero attached hydrogens (tertiary/aromatic N) is 1. The molecule has 1 aliphatic rings. The van der Waals surface area contributed by atoms with Crippen LogP contribution in [0.2, 0.25) is 0 Å². The number of ether oxygens (including phenoxy) is 1. The Kier molecular flexibility index (Phi) is 6.96. The van der Waals surface area contributed by atoms with E-state index in [1.54, 1.807) is 0 Å². The molecule has 0 fully saturated rings. The number of para-hydroxylation sites is 2. The standard InChI is InChI=1S/C24H32N2O2/c1-18(2)21-12-5-7-14-23(21)28-19(3)24(27)25-15-9-17-26-16-8-11-20-10-4-6-13-22(20)26/h4-7,10,12-14,18-19H,8-9,11,15-17H2,1-3H3,(H,25,27). The molecule has 1 atom stereocenters. The summed E-state index contributed by atoms with van der Waals surface area (Å²) in [6.45, 7) is 8.79. The van der Waals surface area contributed by atoms with Crippen molar-refractivity contribution in [3.63, 3.8) is 0 Å². The average Bonchev–Trinajstić information content (AvgIpc) is 2.71. The maximum absolute atomic E-state index is 12.4. The number of benzene rings is 2. The molecule has 0 spiro atoms. The molecule has 0 radical (unpaired) electrons. The van der Waals surface area contributed by atoms with Gasteiger partial charge in [-0.1, -0.05) is 50.2 Å². The second-order valence-electron chi connectivity index (χ2n) is 7.82. The molecule has 0 aromatic heterocycles. The monoisotopic (exact) mass is 380 g/mol. The number of fused-ring (bicyclic) bond motifs is 1. The molecule has 1 heterocycles. The summed E-state index contributed by atoms with van der Waals surface area (Å²) in [5, 5.41) is 3.02. The summed E-state index contributed by atoms with van der Waals surface area (Å²) in [5.41, 5.74) is 3.91. The highest BCUT2D eigenvalue weighted by Gasteiger charge is 2.18. The molecule has 2 aromatic rings. The van der Waals surface area contributed by atoms with E-state index in [0.717, 1.165) is 37.2 Å². The predicted molar refractivity (Wildman–Crippen MR) is 115 cm³/mol. The molecule has 3 rings (SSSR count). The van der Waals surface area contributed by atoms with Gasteiger partial charge in [0.25, 0.3) is 5.91 Å². The van der Waals surface area contributed by atoms with Crippen molar-refractivity contribution in [1.82, 2.24) is 5.32 Å². The fourth-order valence-corrected chi connectivity index (χ4v) is 3.78. The fourth-order valence-electron chi connectivity index (χ4n) is 3.78. The first kappa shape index (κ1) is 20.2. The van der Waals surface area contributed by atoms with E-state index < -0.39 is 6.10 Å². The van der Waals surface area contributed by atoms with Crippen molar-refractivity contribution < 1.29 is 9.53 Å². The van der Waals surface area contributed by atoms with E-state index in [0.29, 0.717) is 12.5 Å². The fraction of sp³-hybridized carbons (Fsp3) is 0.458. The van der Waals surface area contributed by atoms with E-state index in [2.05, 4.69) is 54.4 Å². The first-order chi connectivity index (χ1) is 13.6. The van der Waals surface area contributed by atoms with Gasteiger partial charge in [0.1, 0.15) is 5.75 Å². The smallest absolute Gasteiger partial charge is 0.260 e. The first-order valence-corrected chi connectivity index (χ1v) is 10.4. The molecule has 1 unspecified atom stereocenters. The minimum Gasteiger partial charge on any atom is -0.481 e. The lowest BCUT2D eigenvalue weighted by molar-refractivity contribution is -0.127. The first-order valence-electron chi connectivity index (χ1n) is 10.4. The summed E-state index contributed by atoms with van der Waals surface area (Å²) in [7, 11) is 0. The molecule has 1 amide bonds. The van der Waals surface area contributed by atoms with Crippen LogP contribution in [-0.4, -0.2) is 31.6 Å². The third-order valence-electron chi connectivity index (χ3n) is 5.32. The molecule has 150 valence electrons. The van der Waals surface area contributed by atoms with Crippen molar-refractivity contribution in [1.29, 1.82) is 0 Å². The number of carbonyl (C=O) groups excluding carboxylic acids is 1. The Hall–Kier alpha value is -2.49. The average molecular weight is 381 g/mol. The highest BCUT2D eigenvalue weighted by Crippen LogP contribution is 2.27. The predicted octanol–water partition coefficient (Wildman–Crippen LogP) is 4.54. The van der Waals surface area contributed by atoms with Gasteiger partial charge in [0.2, 0.25) is 0 Å². The minimum atomic E-state index is -0.504. The Morgan fingerprint density at radius 2 is 1.86 bits per heavy atom. The number of aryl methyl sites for hydroxylation is 1. The number of hydrogen-bond donors (Lipinski definition) is 1. The molecule has 4 heteroatoms. The van der Waals surface area contributed by atoms with Gasteiger partial charge < -0.3 is 15.0 Å². The second kappa shape index (κ2) is 9.63. The number of anilines is 1. The molecule has 1 aliphatic heterocycles. The second-order valence-corrected chi connectivity index (χ2v) is 7.82. The zero-order valence-electron chi connectivity index (χ0n) is 17.3. The van der Waals surface area contributed by atoms with E-state index in [-0.39, 0.29) is 5.91 Å². The van der Waals surface area contributed by atoms with Gasteiger partial charge in [-0.05, 0) is 55.4 Å². The Balaban J connectivity index is 1.45. The Bertz CT molecular complexity index is 788. The van der Waals surface area contributed by atoms with Gasteiger partial charge in [0.15, 0.2) is 6.10 Å². The molecule has 4 nitrogen and oxygen atoms in total. The van der Waals surface area contributed by atoms with Crippen molar-refractivity contribution in [3.8, 4) is 5.75 Å². The molecular weight excluding hydrogens is 348 g/mol. The maximum atomic E-state index is 12.4. The lowest BCUT2D eigenvalue weighted by atomic mass is 10.0. The van der Waals surface area contributed by atoms with Crippen molar-refractivity contribution in [3.05, 3.63) is 59.7 Å². The Morgan fingerprint density at radius 3 is 2.68 bits per heavy atom. The third kappa shape index (κ3) is 5.06. The van der Waals surface area contributed by atoms with Crippen LogP contribution < -0.4 is 15.0 Å². The largest absolute Gasteiger partial charge is 0.481 e. The van der Waals surface area contributed by atoms with Crippen LogP contribution in [0.4, 0.5) is 5.69 Å². The van der Waals surface area contributed by atoms with Gasteiger partial charge in [-0.3, -0.25) is 4.79 Å². The van der Waals surface area contributed by atoms with Gasteiger partial charge in [-0.15, -0.1) is 0 Å². The summed E-state index contributed by atoms with van der Waals surface area (Å²) in [6.07, 6.45) is 2.78. The number of amides is 1. The lowest BCUT2D eigenvalue weighted by Crippen LogP contribution is -2.38. The highest BCUT2D eigenvalue weighted by atomic mass is 16.5. The van der Waals surface area contributed by atoms with E-state index in [4.69, 9.17) is 4.74 Å². The normalized spacial score (nSPS) is 14.5. The van der Waals surface area contributed by atoms with Crippen LogP contribution in [0.1, 0.15) is 50.7 Å². The molecule has 28 heavy (non-hydrogen) atoms. The van der Waals surface area contributed by atoms with Gasteiger partial charge in [0.05, 0.1) is 0 Å². The van der Waals surface area contributed by atoms with Gasteiger partial charge in [-0.2, -0.15) is 0 Å². The topological polar surface area (TPSA) is 41.6 Å². The summed E-state index contributed by atoms with van der Waals surface area (Å²) in [6, 6.07) is 16.6. The summed E-state index contributed by atoms with van der Waals surface area (Å²) < 4.78 is 5.94. The number of rotatable bonds is 8. The lowest BCUT2D eigenvalue weighted by Gasteiger charge is -2.31. The molecule has 0 saturated heterocycles. The molecule has 0 saturated carbocycles. The van der Waals surface area contributed by atoms with Gasteiger partial charge in [0, 0.05) is 25.3 Å². The highest BCUT2D eigenvalue weighted by molar-refractivity contribution is 5.80. The molecule has 2 aromatic carbocycles. The minimum absolute atomic E-state index is 0.0578. The Morgan fingerprint density at radius 1 is 1.11 bits per heavy atom. The van der Waals surface area contributed by atoms with E-state index in [9.17, 15) is 4.79 Å². The van der Waals surface area contributed by atoms with Crippen molar-refractivity contribution in [2.24, 2.45) is 0 Å². The van der Waals surface area contributed by atoms with Gasteiger partial charge in [-0.25, -0.2) is 0 Å². The van der Waals surface area contributed by atoms with E-state index in [1.807, 2.05) is 25.1 Å². The van der Waals surface area contributed by atoms with Crippen LogP contribution in [0.5, 0.6) is 5.75 Å². The molecule has 1 N–H and O–H groups in total.